The van der Waals surface area contributed by atoms with Crippen molar-refractivity contribution in [2.75, 3.05) is 13.7 Å². The molecule has 0 radical (unpaired) electrons. The standard InChI is InChI=1S/C35H31Br2N3O6S/c1-6-44-34(42)30-20(4)39-35-40(31(30)23-11-12-27(46-19(2)3)28(14-23)43-5)33(41)29(47-35)15-24-13-25(36)16-26(37)32(24)45-18-22-9-7-21(17-38)8-10-22/h7-16,19,31H,6,18H2,1-5H3/b29-15+/t31-/m0/s1. The van der Waals surface area contributed by atoms with Gasteiger partial charge in [0.15, 0.2) is 16.3 Å². The average molecular weight is 782 g/mol. The van der Waals surface area contributed by atoms with Crippen LogP contribution in [0.4, 0.5) is 0 Å². The molecule has 47 heavy (non-hydrogen) atoms. The first-order chi connectivity index (χ1) is 22.5. The lowest BCUT2D eigenvalue weighted by Crippen LogP contribution is -2.40. The number of thiazole rings is 1. The minimum Gasteiger partial charge on any atom is -0.493 e. The molecule has 0 amide bonds. The molecule has 1 aliphatic heterocycles. The lowest BCUT2D eigenvalue weighted by Gasteiger charge is -2.25. The minimum atomic E-state index is -0.823. The van der Waals surface area contributed by atoms with Gasteiger partial charge in [-0.3, -0.25) is 9.36 Å². The Morgan fingerprint density at radius 1 is 1.13 bits per heavy atom. The SMILES string of the molecule is CCOC(=O)C1=C(C)N=c2s/c(=C/c3cc(Br)cc(Br)c3OCc3ccc(C#N)cc3)c(=O)n2[C@H]1c1ccc(OC(C)C)c(OC)c1. The summed E-state index contributed by atoms with van der Waals surface area (Å²) in [4.78, 5) is 32.8. The van der Waals surface area contributed by atoms with Crippen LogP contribution in [-0.2, 0) is 16.1 Å². The molecule has 9 nitrogen and oxygen atoms in total. The van der Waals surface area contributed by atoms with Gasteiger partial charge in [-0.05, 0) is 97.2 Å². The molecule has 0 saturated carbocycles. The zero-order chi connectivity index (χ0) is 33.8. The summed E-state index contributed by atoms with van der Waals surface area (Å²) in [7, 11) is 1.54. The van der Waals surface area contributed by atoms with Crippen molar-refractivity contribution in [1.82, 2.24) is 4.57 Å². The molecular formula is C35H31Br2N3O6S. The van der Waals surface area contributed by atoms with Crippen molar-refractivity contribution in [3.8, 4) is 23.3 Å². The number of carbonyl (C=O) groups excluding carboxylic acids is 1. The molecule has 242 valence electrons. The predicted octanol–water partition coefficient (Wildman–Crippen LogP) is 6.57. The van der Waals surface area contributed by atoms with Gasteiger partial charge in [0.25, 0.3) is 5.56 Å². The Bertz CT molecular complexity index is 2100. The number of rotatable bonds is 10. The number of carbonyl (C=O) groups is 1. The lowest BCUT2D eigenvalue weighted by molar-refractivity contribution is -0.139. The average Bonchev–Trinajstić information content (AvgIpc) is 3.33. The van der Waals surface area contributed by atoms with E-state index in [1.54, 1.807) is 51.3 Å². The van der Waals surface area contributed by atoms with E-state index in [1.165, 1.54) is 15.9 Å². The van der Waals surface area contributed by atoms with Gasteiger partial charge in [0.2, 0.25) is 0 Å². The maximum absolute atomic E-state index is 14.3. The van der Waals surface area contributed by atoms with Crippen molar-refractivity contribution >= 4 is 55.2 Å². The molecule has 0 spiro atoms. The summed E-state index contributed by atoms with van der Waals surface area (Å²) in [6.07, 6.45) is 1.68. The molecule has 0 N–H and O–H groups in total. The second-order valence-corrected chi connectivity index (χ2v) is 13.6. The molecule has 0 aliphatic carbocycles. The van der Waals surface area contributed by atoms with Crippen LogP contribution < -0.4 is 29.1 Å². The second-order valence-electron chi connectivity index (χ2n) is 10.8. The first-order valence-electron chi connectivity index (χ1n) is 14.7. The predicted molar refractivity (Wildman–Crippen MR) is 186 cm³/mol. The van der Waals surface area contributed by atoms with E-state index in [0.29, 0.717) is 53.4 Å². The normalized spacial score (nSPS) is 14.4. The van der Waals surface area contributed by atoms with E-state index >= 15 is 0 Å². The number of esters is 1. The van der Waals surface area contributed by atoms with Crippen LogP contribution in [-0.4, -0.2) is 30.4 Å². The number of hydrogen-bond donors (Lipinski definition) is 0. The molecule has 2 heterocycles. The van der Waals surface area contributed by atoms with Crippen molar-refractivity contribution in [2.24, 2.45) is 4.99 Å². The van der Waals surface area contributed by atoms with Gasteiger partial charge < -0.3 is 18.9 Å². The number of hydrogen-bond acceptors (Lipinski definition) is 9. The number of fused-ring (bicyclic) bond motifs is 1. The van der Waals surface area contributed by atoms with Crippen LogP contribution in [0, 0.1) is 11.3 Å². The molecule has 3 aromatic carbocycles. The summed E-state index contributed by atoms with van der Waals surface area (Å²) in [5.41, 5.74) is 3.13. The lowest BCUT2D eigenvalue weighted by atomic mass is 9.95. The molecule has 0 saturated heterocycles. The Hall–Kier alpha value is -4.18. The maximum atomic E-state index is 14.3. The van der Waals surface area contributed by atoms with Crippen LogP contribution in [0.5, 0.6) is 17.2 Å². The van der Waals surface area contributed by atoms with Crippen molar-refractivity contribution < 1.29 is 23.7 Å². The summed E-state index contributed by atoms with van der Waals surface area (Å²) in [5, 5.41) is 9.12. The van der Waals surface area contributed by atoms with Crippen molar-refractivity contribution in [3.05, 3.63) is 117 Å². The molecule has 12 heteroatoms. The maximum Gasteiger partial charge on any atom is 0.338 e. The largest absolute Gasteiger partial charge is 0.493 e. The molecule has 1 aliphatic rings. The Balaban J connectivity index is 1.64. The third-order valence-electron chi connectivity index (χ3n) is 7.17. The van der Waals surface area contributed by atoms with E-state index in [2.05, 4.69) is 42.9 Å². The number of nitriles is 1. The molecular weight excluding hydrogens is 750 g/mol. The zero-order valence-corrected chi connectivity index (χ0v) is 30.3. The van der Waals surface area contributed by atoms with Crippen molar-refractivity contribution in [2.45, 2.75) is 46.4 Å². The van der Waals surface area contributed by atoms with E-state index < -0.39 is 12.0 Å². The summed E-state index contributed by atoms with van der Waals surface area (Å²) < 4.78 is 26.6. The van der Waals surface area contributed by atoms with E-state index in [4.69, 9.17) is 24.2 Å². The molecule has 1 atom stereocenters. The minimum absolute atomic E-state index is 0.0827. The van der Waals surface area contributed by atoms with Gasteiger partial charge in [0.1, 0.15) is 12.4 Å². The smallest absolute Gasteiger partial charge is 0.338 e. The Morgan fingerprint density at radius 2 is 1.87 bits per heavy atom. The number of methoxy groups -OCH3 is 1. The number of aromatic nitrogens is 1. The third-order valence-corrected chi connectivity index (χ3v) is 9.20. The topological polar surface area (TPSA) is 112 Å². The summed E-state index contributed by atoms with van der Waals surface area (Å²) in [6, 6.07) is 17.5. The van der Waals surface area contributed by atoms with Crippen LogP contribution in [0.15, 0.2) is 84.6 Å². The van der Waals surface area contributed by atoms with Gasteiger partial charge in [-0.15, -0.1) is 0 Å². The molecule has 0 fully saturated rings. The second kappa shape index (κ2) is 14.7. The molecule has 4 aromatic rings. The van der Waals surface area contributed by atoms with Crippen LogP contribution in [0.3, 0.4) is 0 Å². The zero-order valence-electron chi connectivity index (χ0n) is 26.3. The van der Waals surface area contributed by atoms with Gasteiger partial charge in [-0.1, -0.05) is 45.5 Å². The highest BCUT2D eigenvalue weighted by atomic mass is 79.9. The van der Waals surface area contributed by atoms with Crippen LogP contribution in [0.2, 0.25) is 0 Å². The Kier molecular flexibility index (Phi) is 10.7. The highest BCUT2D eigenvalue weighted by molar-refractivity contribution is 9.11. The van der Waals surface area contributed by atoms with Gasteiger partial charge in [-0.2, -0.15) is 5.26 Å². The summed E-state index contributed by atoms with van der Waals surface area (Å²) in [6.45, 7) is 7.72. The fraction of sp³-hybridized carbons (Fsp3) is 0.257. The van der Waals surface area contributed by atoms with Gasteiger partial charge in [-0.25, -0.2) is 9.79 Å². The Labute approximate surface area is 292 Å². The van der Waals surface area contributed by atoms with Crippen molar-refractivity contribution in [1.29, 1.82) is 5.26 Å². The fourth-order valence-electron chi connectivity index (χ4n) is 5.12. The first kappa shape index (κ1) is 34.2. The molecule has 1 aromatic heterocycles. The van der Waals surface area contributed by atoms with Gasteiger partial charge in [0, 0.05) is 10.0 Å². The number of allylic oxidation sites excluding steroid dienone is 1. The molecule has 5 rings (SSSR count). The number of halogens is 2. The van der Waals surface area contributed by atoms with Crippen LogP contribution in [0.25, 0.3) is 6.08 Å². The molecule has 0 bridgehead atoms. The molecule has 0 unspecified atom stereocenters. The summed E-state index contributed by atoms with van der Waals surface area (Å²) in [5.74, 6) is 1.00. The highest BCUT2D eigenvalue weighted by Crippen LogP contribution is 2.37. The monoisotopic (exact) mass is 779 g/mol. The number of benzene rings is 3. The van der Waals surface area contributed by atoms with Gasteiger partial charge in [0.05, 0.1) is 57.8 Å². The number of nitrogens with zero attached hydrogens (tertiary/aromatic N) is 3. The third kappa shape index (κ3) is 7.38. The van der Waals surface area contributed by atoms with Gasteiger partial charge >= 0.3 is 5.97 Å². The van der Waals surface area contributed by atoms with Crippen molar-refractivity contribution in [3.63, 3.8) is 0 Å². The quantitative estimate of drug-likeness (QED) is 0.168. The fourth-order valence-corrected chi connectivity index (χ4v) is 7.53. The van der Waals surface area contributed by atoms with E-state index in [9.17, 15) is 9.59 Å². The van der Waals surface area contributed by atoms with E-state index in [0.717, 1.165) is 10.0 Å². The number of ether oxygens (including phenoxy) is 4. The van der Waals surface area contributed by atoms with E-state index in [1.807, 2.05) is 44.2 Å². The van der Waals surface area contributed by atoms with Crippen LogP contribution in [0.1, 0.15) is 56.0 Å². The summed E-state index contributed by atoms with van der Waals surface area (Å²) >= 11 is 8.38. The first-order valence-corrected chi connectivity index (χ1v) is 17.1. The highest BCUT2D eigenvalue weighted by Gasteiger charge is 2.34. The van der Waals surface area contributed by atoms with E-state index in [-0.39, 0.29) is 30.5 Å². The van der Waals surface area contributed by atoms with Crippen LogP contribution >= 0.6 is 43.2 Å². The Morgan fingerprint density at radius 3 is 2.53 bits per heavy atom.